The molecule has 9 heteroatoms. The van der Waals surface area contributed by atoms with Crippen molar-refractivity contribution >= 4 is 22.8 Å². The summed E-state index contributed by atoms with van der Waals surface area (Å²) in [5.41, 5.74) is 0.686. The van der Waals surface area contributed by atoms with E-state index in [2.05, 4.69) is 10.4 Å². The number of amides is 2. The second-order valence-electron chi connectivity index (χ2n) is 8.15. The third-order valence-corrected chi connectivity index (χ3v) is 5.08. The summed E-state index contributed by atoms with van der Waals surface area (Å²) in [5.74, 6) is -0.151. The van der Waals surface area contributed by atoms with Crippen LogP contribution in [0.5, 0.6) is 0 Å². The van der Waals surface area contributed by atoms with E-state index >= 15 is 0 Å². The lowest BCUT2D eigenvalue weighted by atomic mass is 10.1. The van der Waals surface area contributed by atoms with E-state index in [9.17, 15) is 13.8 Å². The minimum absolute atomic E-state index is 0.256. The predicted molar refractivity (Wildman–Crippen MR) is 116 cm³/mol. The fraction of sp³-hybridized carbons (Fsp3) is 0.476. The number of nitrogens with one attached hydrogen (secondary N) is 1. The van der Waals surface area contributed by atoms with Crippen LogP contribution in [0.25, 0.3) is 0 Å². The number of carbonyl (C=O) groups is 2. The van der Waals surface area contributed by atoms with E-state index in [1.165, 1.54) is 11.9 Å². The lowest BCUT2D eigenvalue weighted by molar-refractivity contribution is -0.126. The number of hydrogen-bond donors (Lipinski definition) is 1. The average molecular weight is 435 g/mol. The minimum Gasteiger partial charge on any atom is -0.444 e. The Morgan fingerprint density at radius 3 is 2.37 bits per heavy atom. The summed E-state index contributed by atoms with van der Waals surface area (Å²) in [6.45, 7) is 5.29. The van der Waals surface area contributed by atoms with Gasteiger partial charge in [-0.3, -0.25) is 18.6 Å². The van der Waals surface area contributed by atoms with Crippen molar-refractivity contribution in [2.45, 2.75) is 38.5 Å². The van der Waals surface area contributed by atoms with Crippen molar-refractivity contribution in [1.29, 1.82) is 0 Å². The first-order valence-electron chi connectivity index (χ1n) is 9.57. The maximum Gasteiger partial charge on any atom is 0.410 e. The normalized spacial score (nSPS) is 14.5. The van der Waals surface area contributed by atoms with Gasteiger partial charge in [0.05, 0.1) is 12.2 Å². The highest BCUT2D eigenvalue weighted by atomic mass is 32.2. The number of benzene rings is 1. The molecule has 2 aromatic rings. The summed E-state index contributed by atoms with van der Waals surface area (Å²) in [6.07, 6.45) is 4.19. The second kappa shape index (κ2) is 9.88. The van der Waals surface area contributed by atoms with Crippen LogP contribution in [0.4, 0.5) is 4.79 Å². The van der Waals surface area contributed by atoms with Gasteiger partial charge in [0, 0.05) is 48.7 Å². The van der Waals surface area contributed by atoms with Gasteiger partial charge in [-0.25, -0.2) is 4.79 Å². The fourth-order valence-electron chi connectivity index (χ4n) is 2.96. The van der Waals surface area contributed by atoms with Crippen molar-refractivity contribution in [3.63, 3.8) is 0 Å². The Morgan fingerprint density at radius 2 is 1.87 bits per heavy atom. The molecular formula is C21H30N4O4S. The van der Waals surface area contributed by atoms with Gasteiger partial charge in [0.2, 0.25) is 5.91 Å². The molecule has 0 saturated carbocycles. The standard InChI is InChI=1S/C21H30N4O4S/c1-21(2,3)29-20(27)25(5)18(16-12-22-24(4)13-16)19(26)23-17(14-30(6)28)15-10-8-7-9-11-15/h7-13,17-18H,14H2,1-6H3,(H,23,26)/t17-,18+,30+/m1/s1. The van der Waals surface area contributed by atoms with Crippen molar-refractivity contribution in [3.8, 4) is 0 Å². The molecule has 1 N–H and O–H groups in total. The molecule has 1 aromatic carbocycles. The Morgan fingerprint density at radius 1 is 1.23 bits per heavy atom. The molecule has 30 heavy (non-hydrogen) atoms. The number of ether oxygens (including phenoxy) is 1. The number of hydrogen-bond acceptors (Lipinski definition) is 5. The zero-order valence-electron chi connectivity index (χ0n) is 18.3. The van der Waals surface area contributed by atoms with Crippen LogP contribution in [-0.2, 0) is 27.4 Å². The molecule has 0 saturated heterocycles. The molecule has 2 amide bonds. The van der Waals surface area contributed by atoms with E-state index in [0.717, 1.165) is 5.56 Å². The summed E-state index contributed by atoms with van der Waals surface area (Å²) in [6, 6.07) is 7.92. The van der Waals surface area contributed by atoms with E-state index in [-0.39, 0.29) is 5.75 Å². The van der Waals surface area contributed by atoms with Crippen molar-refractivity contribution in [3.05, 3.63) is 53.9 Å². The Balaban J connectivity index is 2.33. The zero-order chi connectivity index (χ0) is 22.5. The van der Waals surface area contributed by atoms with E-state index < -0.39 is 40.5 Å². The molecule has 1 aromatic heterocycles. The molecule has 0 unspecified atom stereocenters. The van der Waals surface area contributed by atoms with Crippen LogP contribution in [0.3, 0.4) is 0 Å². The van der Waals surface area contributed by atoms with Crippen LogP contribution in [-0.4, -0.2) is 55.5 Å². The number of aromatic nitrogens is 2. The van der Waals surface area contributed by atoms with E-state index in [4.69, 9.17) is 4.74 Å². The van der Waals surface area contributed by atoms with Gasteiger partial charge in [-0.05, 0) is 26.3 Å². The Labute approximate surface area is 180 Å². The average Bonchev–Trinajstić information content (AvgIpc) is 3.06. The SMILES string of the molecule is CN(C(=O)OC(C)(C)C)[C@H](C(=O)N[C@H](C[S@](C)=O)c1ccccc1)c1cnn(C)c1. The fourth-order valence-corrected chi connectivity index (χ4v) is 3.71. The summed E-state index contributed by atoms with van der Waals surface area (Å²) in [7, 11) is 2.11. The van der Waals surface area contributed by atoms with Crippen LogP contribution < -0.4 is 5.32 Å². The van der Waals surface area contributed by atoms with Crippen LogP contribution in [0.1, 0.15) is 44.0 Å². The van der Waals surface area contributed by atoms with Crippen molar-refractivity contribution in [2.75, 3.05) is 19.1 Å². The highest BCUT2D eigenvalue weighted by Crippen LogP contribution is 2.24. The molecule has 8 nitrogen and oxygen atoms in total. The van der Waals surface area contributed by atoms with Gasteiger partial charge in [0.15, 0.2) is 0 Å². The molecule has 0 bridgehead atoms. The van der Waals surface area contributed by atoms with Gasteiger partial charge in [0.25, 0.3) is 0 Å². The summed E-state index contributed by atoms with van der Waals surface area (Å²) in [4.78, 5) is 27.3. The van der Waals surface area contributed by atoms with Crippen LogP contribution >= 0.6 is 0 Å². The number of nitrogens with zero attached hydrogens (tertiary/aromatic N) is 3. The maximum absolute atomic E-state index is 13.3. The van der Waals surface area contributed by atoms with Gasteiger partial charge in [-0.15, -0.1) is 0 Å². The van der Waals surface area contributed by atoms with Gasteiger partial charge in [0.1, 0.15) is 11.6 Å². The number of likely N-dealkylation sites (N-methyl/N-ethyl adjacent to an activating group) is 1. The lowest BCUT2D eigenvalue weighted by Crippen LogP contribution is -2.45. The lowest BCUT2D eigenvalue weighted by Gasteiger charge is -2.30. The highest BCUT2D eigenvalue weighted by Gasteiger charge is 2.34. The smallest absolute Gasteiger partial charge is 0.410 e. The van der Waals surface area contributed by atoms with E-state index in [0.29, 0.717) is 5.56 Å². The molecule has 0 aliphatic rings. The van der Waals surface area contributed by atoms with Crippen LogP contribution in [0, 0.1) is 0 Å². The van der Waals surface area contributed by atoms with Gasteiger partial charge < -0.3 is 10.1 Å². The summed E-state index contributed by atoms with van der Waals surface area (Å²) < 4.78 is 18.9. The van der Waals surface area contributed by atoms with E-state index in [1.807, 2.05) is 30.3 Å². The largest absolute Gasteiger partial charge is 0.444 e. The zero-order valence-corrected chi connectivity index (χ0v) is 19.1. The van der Waals surface area contributed by atoms with Gasteiger partial charge in [-0.1, -0.05) is 30.3 Å². The molecule has 2 rings (SSSR count). The highest BCUT2D eigenvalue weighted by molar-refractivity contribution is 7.84. The molecule has 0 aliphatic carbocycles. The summed E-state index contributed by atoms with van der Waals surface area (Å²) >= 11 is 0. The second-order valence-corrected chi connectivity index (χ2v) is 9.63. The minimum atomic E-state index is -1.14. The Kier molecular flexibility index (Phi) is 7.77. The van der Waals surface area contributed by atoms with Crippen LogP contribution in [0.15, 0.2) is 42.7 Å². The summed E-state index contributed by atoms with van der Waals surface area (Å²) in [5, 5.41) is 7.08. The molecule has 164 valence electrons. The molecule has 0 aliphatic heterocycles. The molecule has 1 heterocycles. The first kappa shape index (κ1) is 23.6. The number of rotatable bonds is 7. The van der Waals surface area contributed by atoms with Crippen LogP contribution in [0.2, 0.25) is 0 Å². The first-order valence-corrected chi connectivity index (χ1v) is 11.3. The molecule has 0 fully saturated rings. The third-order valence-electron chi connectivity index (χ3n) is 4.28. The Hall–Kier alpha value is -2.68. The van der Waals surface area contributed by atoms with Gasteiger partial charge >= 0.3 is 6.09 Å². The topological polar surface area (TPSA) is 93.5 Å². The maximum atomic E-state index is 13.3. The number of aryl methyl sites for hydroxylation is 1. The quantitative estimate of drug-likeness (QED) is 0.723. The third kappa shape index (κ3) is 6.69. The molecule has 3 atom stereocenters. The number of carbonyl (C=O) groups excluding carboxylic acids is 2. The predicted octanol–water partition coefficient (Wildman–Crippen LogP) is 2.56. The molecular weight excluding hydrogens is 404 g/mol. The molecule has 0 radical (unpaired) electrons. The first-order chi connectivity index (χ1) is 14.0. The Bertz CT molecular complexity index is 892. The van der Waals surface area contributed by atoms with Crippen molar-refractivity contribution in [2.24, 2.45) is 7.05 Å². The monoisotopic (exact) mass is 434 g/mol. The van der Waals surface area contributed by atoms with E-state index in [1.54, 1.807) is 51.2 Å². The molecule has 0 spiro atoms. The van der Waals surface area contributed by atoms with Gasteiger partial charge in [-0.2, -0.15) is 5.10 Å². The van der Waals surface area contributed by atoms with Crippen molar-refractivity contribution in [1.82, 2.24) is 20.0 Å². The van der Waals surface area contributed by atoms with Crippen molar-refractivity contribution < 1.29 is 18.5 Å².